The summed E-state index contributed by atoms with van der Waals surface area (Å²) in [6, 6.07) is 12.6. The summed E-state index contributed by atoms with van der Waals surface area (Å²) in [4.78, 5) is 12.5. The summed E-state index contributed by atoms with van der Waals surface area (Å²) in [6.45, 7) is 2.02. The molecular weight excluding hydrogens is 306 g/mol. The zero-order valence-electron chi connectivity index (χ0n) is 14.5. The number of hydrogen-bond acceptors (Lipinski definition) is 4. The predicted molar refractivity (Wildman–Crippen MR) is 93.0 cm³/mol. The Hall–Kier alpha value is -2.69. The molecule has 0 fully saturated rings. The quantitative estimate of drug-likeness (QED) is 0.843. The van der Waals surface area contributed by atoms with Gasteiger partial charge in [-0.05, 0) is 48.4 Å². The molecule has 0 aromatic heterocycles. The van der Waals surface area contributed by atoms with Crippen LogP contribution in [0.5, 0.6) is 17.2 Å². The van der Waals surface area contributed by atoms with Gasteiger partial charge in [-0.2, -0.15) is 0 Å². The average Bonchev–Trinajstić information content (AvgIpc) is 2.65. The fourth-order valence-electron chi connectivity index (χ4n) is 2.47. The van der Waals surface area contributed by atoms with Gasteiger partial charge >= 0.3 is 0 Å². The van der Waals surface area contributed by atoms with Crippen LogP contribution in [-0.2, 0) is 0 Å². The Morgan fingerprint density at radius 1 is 0.958 bits per heavy atom. The molecule has 0 heterocycles. The van der Waals surface area contributed by atoms with Gasteiger partial charge in [-0.1, -0.05) is 13.0 Å². The second-order valence-electron chi connectivity index (χ2n) is 5.28. The first kappa shape index (κ1) is 17.7. The van der Waals surface area contributed by atoms with E-state index in [1.54, 1.807) is 45.6 Å². The Bertz CT molecular complexity index is 682. The van der Waals surface area contributed by atoms with Crippen LogP contribution in [0.4, 0.5) is 0 Å². The third-order valence-corrected chi connectivity index (χ3v) is 3.88. The van der Waals surface area contributed by atoms with Gasteiger partial charge in [0.15, 0.2) is 11.5 Å². The maximum Gasteiger partial charge on any atom is 0.251 e. The van der Waals surface area contributed by atoms with E-state index in [4.69, 9.17) is 14.2 Å². The maximum absolute atomic E-state index is 12.5. The van der Waals surface area contributed by atoms with E-state index in [0.717, 1.165) is 17.7 Å². The molecule has 2 aromatic rings. The van der Waals surface area contributed by atoms with Crippen molar-refractivity contribution < 1.29 is 19.0 Å². The highest BCUT2D eigenvalue weighted by Crippen LogP contribution is 2.31. The van der Waals surface area contributed by atoms with Crippen LogP contribution in [0, 0.1) is 0 Å². The third kappa shape index (κ3) is 3.98. The largest absolute Gasteiger partial charge is 0.497 e. The summed E-state index contributed by atoms with van der Waals surface area (Å²) in [6.07, 6.45) is 0.761. The standard InChI is InChI=1S/C19H23NO4/c1-5-16(14-8-11-17(23-3)18(12-14)24-4)20-19(21)13-6-9-15(22-2)10-7-13/h6-12,16H,5H2,1-4H3,(H,20,21). The molecule has 1 unspecified atom stereocenters. The van der Waals surface area contributed by atoms with Crippen molar-refractivity contribution in [3.63, 3.8) is 0 Å². The monoisotopic (exact) mass is 329 g/mol. The van der Waals surface area contributed by atoms with E-state index < -0.39 is 0 Å². The number of ether oxygens (including phenoxy) is 3. The molecule has 0 aliphatic rings. The molecule has 1 atom stereocenters. The minimum Gasteiger partial charge on any atom is -0.497 e. The first-order valence-corrected chi connectivity index (χ1v) is 7.79. The molecule has 0 saturated carbocycles. The minimum absolute atomic E-state index is 0.112. The second kappa shape index (κ2) is 8.24. The Labute approximate surface area is 142 Å². The Kier molecular flexibility index (Phi) is 6.07. The summed E-state index contributed by atoms with van der Waals surface area (Å²) >= 11 is 0. The summed E-state index contributed by atoms with van der Waals surface area (Å²) in [7, 11) is 4.79. The van der Waals surface area contributed by atoms with Crippen LogP contribution in [0.3, 0.4) is 0 Å². The van der Waals surface area contributed by atoms with Crippen molar-refractivity contribution >= 4 is 5.91 Å². The van der Waals surface area contributed by atoms with Crippen molar-refractivity contribution in [1.29, 1.82) is 0 Å². The first-order valence-electron chi connectivity index (χ1n) is 7.79. The molecule has 128 valence electrons. The number of hydrogen-bond donors (Lipinski definition) is 1. The van der Waals surface area contributed by atoms with Gasteiger partial charge in [-0.25, -0.2) is 0 Å². The fourth-order valence-corrected chi connectivity index (χ4v) is 2.47. The predicted octanol–water partition coefficient (Wildman–Crippen LogP) is 3.59. The highest BCUT2D eigenvalue weighted by molar-refractivity contribution is 5.94. The van der Waals surface area contributed by atoms with Gasteiger partial charge in [0.1, 0.15) is 5.75 Å². The molecule has 0 aliphatic heterocycles. The van der Waals surface area contributed by atoms with Crippen molar-refractivity contribution in [2.45, 2.75) is 19.4 Å². The fraction of sp³-hybridized carbons (Fsp3) is 0.316. The molecular formula is C19H23NO4. The van der Waals surface area contributed by atoms with Crippen LogP contribution in [0.1, 0.15) is 35.3 Å². The van der Waals surface area contributed by atoms with E-state index in [-0.39, 0.29) is 11.9 Å². The van der Waals surface area contributed by atoms with Gasteiger partial charge < -0.3 is 19.5 Å². The number of rotatable bonds is 7. The molecule has 5 nitrogen and oxygen atoms in total. The number of nitrogens with one attached hydrogen (secondary N) is 1. The van der Waals surface area contributed by atoms with Crippen LogP contribution < -0.4 is 19.5 Å². The molecule has 1 N–H and O–H groups in total. The average molecular weight is 329 g/mol. The summed E-state index contributed by atoms with van der Waals surface area (Å²) in [5.41, 5.74) is 1.56. The Morgan fingerprint density at radius 2 is 1.62 bits per heavy atom. The van der Waals surface area contributed by atoms with Crippen molar-refractivity contribution in [3.05, 3.63) is 53.6 Å². The Morgan fingerprint density at radius 3 is 2.17 bits per heavy atom. The lowest BCUT2D eigenvalue weighted by Crippen LogP contribution is -2.28. The van der Waals surface area contributed by atoms with Gasteiger partial charge in [0.25, 0.3) is 5.91 Å². The lowest BCUT2D eigenvalue weighted by atomic mass is 10.0. The van der Waals surface area contributed by atoms with Crippen LogP contribution in [0.15, 0.2) is 42.5 Å². The van der Waals surface area contributed by atoms with Crippen LogP contribution >= 0.6 is 0 Å². The van der Waals surface area contributed by atoms with Crippen molar-refractivity contribution in [1.82, 2.24) is 5.32 Å². The van der Waals surface area contributed by atoms with Crippen LogP contribution in [0.2, 0.25) is 0 Å². The van der Waals surface area contributed by atoms with E-state index in [1.165, 1.54) is 0 Å². The summed E-state index contributed by atoms with van der Waals surface area (Å²) in [5.74, 6) is 1.91. The van der Waals surface area contributed by atoms with E-state index in [9.17, 15) is 4.79 Å². The lowest BCUT2D eigenvalue weighted by molar-refractivity contribution is 0.0935. The molecule has 0 saturated heterocycles. The maximum atomic E-state index is 12.5. The molecule has 24 heavy (non-hydrogen) atoms. The Balaban J connectivity index is 2.17. The lowest BCUT2D eigenvalue weighted by Gasteiger charge is -2.19. The molecule has 1 amide bonds. The highest BCUT2D eigenvalue weighted by Gasteiger charge is 2.16. The highest BCUT2D eigenvalue weighted by atomic mass is 16.5. The van der Waals surface area contributed by atoms with Crippen molar-refractivity contribution in [3.8, 4) is 17.2 Å². The molecule has 0 radical (unpaired) electrons. The smallest absolute Gasteiger partial charge is 0.251 e. The zero-order valence-corrected chi connectivity index (χ0v) is 14.5. The van der Waals surface area contributed by atoms with Gasteiger partial charge in [0.05, 0.1) is 27.4 Å². The number of carbonyl (C=O) groups is 1. The molecule has 0 aliphatic carbocycles. The molecule has 5 heteroatoms. The second-order valence-corrected chi connectivity index (χ2v) is 5.28. The van der Waals surface area contributed by atoms with Gasteiger partial charge in [0, 0.05) is 5.56 Å². The normalized spacial score (nSPS) is 11.5. The number of carbonyl (C=O) groups excluding carboxylic acids is 1. The van der Waals surface area contributed by atoms with E-state index in [2.05, 4.69) is 5.32 Å². The van der Waals surface area contributed by atoms with Gasteiger partial charge in [0.2, 0.25) is 0 Å². The minimum atomic E-state index is -0.126. The number of amides is 1. The summed E-state index contributed by atoms with van der Waals surface area (Å²) in [5, 5.41) is 3.05. The molecule has 0 spiro atoms. The topological polar surface area (TPSA) is 56.8 Å². The molecule has 2 rings (SSSR count). The van der Waals surface area contributed by atoms with Crippen LogP contribution in [-0.4, -0.2) is 27.2 Å². The number of methoxy groups -OCH3 is 3. The van der Waals surface area contributed by atoms with Crippen molar-refractivity contribution in [2.24, 2.45) is 0 Å². The first-order chi connectivity index (χ1) is 11.6. The van der Waals surface area contributed by atoms with Gasteiger partial charge in [-0.15, -0.1) is 0 Å². The van der Waals surface area contributed by atoms with Gasteiger partial charge in [-0.3, -0.25) is 4.79 Å². The van der Waals surface area contributed by atoms with E-state index >= 15 is 0 Å². The zero-order chi connectivity index (χ0) is 17.5. The summed E-state index contributed by atoms with van der Waals surface area (Å²) < 4.78 is 15.7. The van der Waals surface area contributed by atoms with E-state index in [1.807, 2.05) is 25.1 Å². The molecule has 0 bridgehead atoms. The molecule has 2 aromatic carbocycles. The van der Waals surface area contributed by atoms with E-state index in [0.29, 0.717) is 17.1 Å². The van der Waals surface area contributed by atoms with Crippen molar-refractivity contribution in [2.75, 3.05) is 21.3 Å². The third-order valence-electron chi connectivity index (χ3n) is 3.88. The van der Waals surface area contributed by atoms with Crippen LogP contribution in [0.25, 0.3) is 0 Å². The SMILES string of the molecule is CCC(NC(=O)c1ccc(OC)cc1)c1ccc(OC)c(OC)c1. The number of benzene rings is 2.